The van der Waals surface area contributed by atoms with E-state index < -0.39 is 0 Å². The van der Waals surface area contributed by atoms with E-state index in [4.69, 9.17) is 0 Å². The molecule has 0 aliphatic heterocycles. The van der Waals surface area contributed by atoms with Crippen LogP contribution in [0.5, 0.6) is 0 Å². The van der Waals surface area contributed by atoms with Crippen LogP contribution in [0.2, 0.25) is 0 Å². The van der Waals surface area contributed by atoms with Crippen LogP contribution in [0.1, 0.15) is 29.9 Å². The molecule has 0 saturated carbocycles. The average Bonchev–Trinajstić information content (AvgIpc) is 2.65. The minimum atomic E-state index is -0.334. The number of thiazole rings is 1. The molecule has 1 unspecified atom stereocenters. The van der Waals surface area contributed by atoms with Gasteiger partial charge >= 0.3 is 5.97 Å². The third-order valence-corrected chi connectivity index (χ3v) is 2.78. The summed E-state index contributed by atoms with van der Waals surface area (Å²) in [7, 11) is 1.36. The molecule has 14 heavy (non-hydrogen) atoms. The summed E-state index contributed by atoms with van der Waals surface area (Å²) >= 11 is 1.31. The van der Waals surface area contributed by atoms with Crippen molar-refractivity contribution in [1.29, 1.82) is 0 Å². The van der Waals surface area contributed by atoms with Crippen molar-refractivity contribution in [3.8, 4) is 0 Å². The Hall–Kier alpha value is -1.10. The molecule has 0 saturated heterocycles. The molecule has 1 aromatic rings. The van der Waals surface area contributed by atoms with E-state index in [1.807, 2.05) is 0 Å². The highest BCUT2D eigenvalue weighted by Crippen LogP contribution is 2.19. The Labute approximate surface area is 87.3 Å². The Balaban J connectivity index is 2.63. The van der Waals surface area contributed by atoms with Gasteiger partial charge in [0.05, 0.1) is 13.3 Å². The number of anilines is 1. The first-order chi connectivity index (χ1) is 6.67. The van der Waals surface area contributed by atoms with Gasteiger partial charge in [-0.15, -0.1) is 0 Å². The van der Waals surface area contributed by atoms with Crippen molar-refractivity contribution in [2.24, 2.45) is 0 Å². The number of nitrogens with zero attached hydrogens (tertiary/aromatic N) is 1. The van der Waals surface area contributed by atoms with E-state index in [2.05, 4.69) is 28.9 Å². The van der Waals surface area contributed by atoms with Gasteiger partial charge in [0, 0.05) is 6.04 Å². The highest BCUT2D eigenvalue weighted by molar-refractivity contribution is 7.17. The van der Waals surface area contributed by atoms with Crippen LogP contribution in [0.4, 0.5) is 5.13 Å². The number of methoxy groups -OCH3 is 1. The number of hydrogen-bond acceptors (Lipinski definition) is 5. The Morgan fingerprint density at radius 3 is 3.07 bits per heavy atom. The molecule has 0 bridgehead atoms. The second-order valence-corrected chi connectivity index (χ2v) is 4.01. The molecular formula is C9H14N2O2S. The molecule has 0 amide bonds. The topological polar surface area (TPSA) is 51.2 Å². The molecule has 0 aliphatic rings. The quantitative estimate of drug-likeness (QED) is 0.780. The fraction of sp³-hybridized carbons (Fsp3) is 0.556. The number of carbonyl (C=O) groups excluding carboxylic acids is 1. The second kappa shape index (κ2) is 4.95. The summed E-state index contributed by atoms with van der Waals surface area (Å²) in [4.78, 5) is 15.7. The molecule has 1 N–H and O–H groups in total. The molecule has 4 nitrogen and oxygen atoms in total. The lowest BCUT2D eigenvalue weighted by atomic mass is 10.3. The molecule has 0 fully saturated rings. The zero-order valence-corrected chi connectivity index (χ0v) is 9.35. The minimum Gasteiger partial charge on any atom is -0.465 e. The lowest BCUT2D eigenvalue weighted by Gasteiger charge is -2.08. The standard InChI is InChI=1S/C9H14N2O2S/c1-4-6(2)11-9-10-5-7(14-9)8(12)13-3/h5-6H,4H2,1-3H3,(H,10,11). The maximum atomic E-state index is 11.1. The van der Waals surface area contributed by atoms with Crippen LogP contribution in [0.15, 0.2) is 6.20 Å². The zero-order chi connectivity index (χ0) is 10.6. The molecule has 1 heterocycles. The van der Waals surface area contributed by atoms with Crippen molar-refractivity contribution in [3.63, 3.8) is 0 Å². The van der Waals surface area contributed by atoms with Crippen molar-refractivity contribution in [2.75, 3.05) is 12.4 Å². The van der Waals surface area contributed by atoms with Crippen molar-refractivity contribution in [2.45, 2.75) is 26.3 Å². The van der Waals surface area contributed by atoms with Crippen molar-refractivity contribution < 1.29 is 9.53 Å². The number of hydrogen-bond donors (Lipinski definition) is 1. The van der Waals surface area contributed by atoms with Gasteiger partial charge in [-0.05, 0) is 13.3 Å². The average molecular weight is 214 g/mol. The van der Waals surface area contributed by atoms with Crippen molar-refractivity contribution in [1.82, 2.24) is 4.98 Å². The summed E-state index contributed by atoms with van der Waals surface area (Å²) < 4.78 is 4.58. The van der Waals surface area contributed by atoms with Crippen LogP contribution >= 0.6 is 11.3 Å². The van der Waals surface area contributed by atoms with Crippen LogP contribution in [-0.2, 0) is 4.74 Å². The Kier molecular flexibility index (Phi) is 3.88. The van der Waals surface area contributed by atoms with Gasteiger partial charge in [-0.3, -0.25) is 0 Å². The third kappa shape index (κ3) is 2.70. The van der Waals surface area contributed by atoms with Crippen LogP contribution in [0.25, 0.3) is 0 Å². The number of carbonyl (C=O) groups is 1. The summed E-state index contributed by atoms with van der Waals surface area (Å²) in [6, 6.07) is 0.367. The van der Waals surface area contributed by atoms with Gasteiger partial charge in [0.15, 0.2) is 5.13 Å². The molecule has 78 valence electrons. The van der Waals surface area contributed by atoms with Gasteiger partial charge in [0.2, 0.25) is 0 Å². The smallest absolute Gasteiger partial charge is 0.349 e. The number of nitrogens with one attached hydrogen (secondary N) is 1. The minimum absolute atomic E-state index is 0.334. The van der Waals surface area contributed by atoms with E-state index in [-0.39, 0.29) is 5.97 Å². The van der Waals surface area contributed by atoms with Gasteiger partial charge in [-0.1, -0.05) is 18.3 Å². The Bertz CT molecular complexity index is 312. The fourth-order valence-electron chi connectivity index (χ4n) is 0.849. The van der Waals surface area contributed by atoms with E-state index >= 15 is 0 Å². The second-order valence-electron chi connectivity index (χ2n) is 2.97. The summed E-state index contributed by atoms with van der Waals surface area (Å²) in [6.45, 7) is 4.16. The monoisotopic (exact) mass is 214 g/mol. The predicted octanol–water partition coefficient (Wildman–Crippen LogP) is 2.14. The summed E-state index contributed by atoms with van der Waals surface area (Å²) in [5.41, 5.74) is 0. The number of ether oxygens (including phenoxy) is 1. The molecule has 1 aromatic heterocycles. The molecule has 1 rings (SSSR count). The maximum Gasteiger partial charge on any atom is 0.349 e. The zero-order valence-electron chi connectivity index (χ0n) is 8.53. The van der Waals surface area contributed by atoms with E-state index in [0.717, 1.165) is 11.6 Å². The van der Waals surface area contributed by atoms with Crippen LogP contribution in [0.3, 0.4) is 0 Å². The van der Waals surface area contributed by atoms with Gasteiger partial charge in [0.25, 0.3) is 0 Å². The predicted molar refractivity (Wildman–Crippen MR) is 56.8 cm³/mol. The van der Waals surface area contributed by atoms with Gasteiger partial charge < -0.3 is 10.1 Å². The molecule has 0 aliphatic carbocycles. The summed E-state index contributed by atoms with van der Waals surface area (Å²) in [5, 5.41) is 3.95. The summed E-state index contributed by atoms with van der Waals surface area (Å²) in [6.07, 6.45) is 2.55. The van der Waals surface area contributed by atoms with Crippen molar-refractivity contribution >= 4 is 22.4 Å². The largest absolute Gasteiger partial charge is 0.465 e. The summed E-state index contributed by atoms with van der Waals surface area (Å²) in [5.74, 6) is -0.334. The molecule has 0 aromatic carbocycles. The molecule has 5 heteroatoms. The molecule has 0 radical (unpaired) electrons. The first-order valence-corrected chi connectivity index (χ1v) is 5.29. The molecule has 0 spiro atoms. The van der Waals surface area contributed by atoms with Gasteiger partial charge in [0.1, 0.15) is 4.88 Å². The SMILES string of the molecule is CCC(C)Nc1ncc(C(=O)OC)s1. The molecule has 1 atom stereocenters. The van der Waals surface area contributed by atoms with Gasteiger partial charge in [-0.25, -0.2) is 9.78 Å². The lowest BCUT2D eigenvalue weighted by molar-refractivity contribution is 0.0606. The number of esters is 1. The highest BCUT2D eigenvalue weighted by atomic mass is 32.1. The third-order valence-electron chi connectivity index (χ3n) is 1.87. The Morgan fingerprint density at radius 1 is 1.79 bits per heavy atom. The number of aromatic nitrogens is 1. The molecular weight excluding hydrogens is 200 g/mol. The normalized spacial score (nSPS) is 12.2. The van der Waals surface area contributed by atoms with E-state index in [1.165, 1.54) is 24.6 Å². The first kappa shape index (κ1) is 11.0. The van der Waals surface area contributed by atoms with Gasteiger partial charge in [-0.2, -0.15) is 0 Å². The van der Waals surface area contributed by atoms with E-state index in [9.17, 15) is 4.79 Å². The van der Waals surface area contributed by atoms with Crippen molar-refractivity contribution in [3.05, 3.63) is 11.1 Å². The highest BCUT2D eigenvalue weighted by Gasteiger charge is 2.10. The van der Waals surface area contributed by atoms with E-state index in [0.29, 0.717) is 10.9 Å². The lowest BCUT2D eigenvalue weighted by Crippen LogP contribution is -2.12. The Morgan fingerprint density at radius 2 is 2.50 bits per heavy atom. The van der Waals surface area contributed by atoms with Crippen LogP contribution in [-0.4, -0.2) is 24.1 Å². The maximum absolute atomic E-state index is 11.1. The first-order valence-electron chi connectivity index (χ1n) is 4.48. The fourth-order valence-corrected chi connectivity index (χ4v) is 1.69. The van der Waals surface area contributed by atoms with Crippen LogP contribution < -0.4 is 5.32 Å². The number of rotatable bonds is 4. The van der Waals surface area contributed by atoms with Crippen LogP contribution in [0, 0.1) is 0 Å². The van der Waals surface area contributed by atoms with E-state index in [1.54, 1.807) is 0 Å².